The van der Waals surface area contributed by atoms with Crippen molar-refractivity contribution in [3.05, 3.63) is 48.3 Å². The highest BCUT2D eigenvalue weighted by Gasteiger charge is 2.37. The number of nitrogens with zero attached hydrogens (tertiary/aromatic N) is 2. The Bertz CT molecular complexity index is 1300. The van der Waals surface area contributed by atoms with Crippen molar-refractivity contribution in [1.29, 1.82) is 0 Å². The van der Waals surface area contributed by atoms with Gasteiger partial charge in [-0.1, -0.05) is 0 Å². The molecule has 11 nitrogen and oxygen atoms in total. The molecular weight excluding hydrogens is 491 g/mol. The predicted octanol–water partition coefficient (Wildman–Crippen LogP) is 1.80. The van der Waals surface area contributed by atoms with Gasteiger partial charge in [0.2, 0.25) is 0 Å². The van der Waals surface area contributed by atoms with Crippen molar-refractivity contribution in [2.45, 2.75) is 29.9 Å². The van der Waals surface area contributed by atoms with E-state index in [1.54, 1.807) is 0 Å². The number of carboxylic acid groups (broad SMARTS) is 1. The Hall–Kier alpha value is -2.94. The summed E-state index contributed by atoms with van der Waals surface area (Å²) in [6.07, 6.45) is -0.664. The molecule has 1 saturated carbocycles. The molecule has 3 N–H and O–H groups in total. The number of halogens is 1. The van der Waals surface area contributed by atoms with E-state index in [0.717, 1.165) is 41.4 Å². The minimum absolute atomic E-state index is 0.0546. The molecule has 1 aliphatic carbocycles. The Morgan fingerprint density at radius 3 is 2.47 bits per heavy atom. The summed E-state index contributed by atoms with van der Waals surface area (Å²) in [6, 6.07) is 8.27. The summed E-state index contributed by atoms with van der Waals surface area (Å²) in [5.41, 5.74) is 0.171. The fourth-order valence-electron chi connectivity index (χ4n) is 3.52. The van der Waals surface area contributed by atoms with E-state index in [0.29, 0.717) is 0 Å². The number of hydrogen-bond donors (Lipinski definition) is 3. The zero-order chi connectivity index (χ0) is 24.7. The summed E-state index contributed by atoms with van der Waals surface area (Å²) >= 11 is 0. The number of sulfonamides is 1. The number of amides is 1. The summed E-state index contributed by atoms with van der Waals surface area (Å²) in [6.45, 7) is -0.470. The zero-order valence-corrected chi connectivity index (χ0v) is 19.6. The molecule has 0 bridgehead atoms. The molecule has 1 amide bonds. The SMILES string of the molecule is CN(C1CC1)S(=O)(=O)NCC1CN(S(=O)(=O)c2ccc(F)cc2)c2cc(NC(=O)O)ccc2O1. The van der Waals surface area contributed by atoms with Gasteiger partial charge in [0.25, 0.3) is 20.2 Å². The second-order valence-electron chi connectivity index (χ2n) is 7.94. The van der Waals surface area contributed by atoms with Gasteiger partial charge in [-0.25, -0.2) is 17.6 Å². The van der Waals surface area contributed by atoms with Crippen molar-refractivity contribution in [3.63, 3.8) is 0 Å². The van der Waals surface area contributed by atoms with Gasteiger partial charge in [0.1, 0.15) is 17.7 Å². The van der Waals surface area contributed by atoms with Gasteiger partial charge >= 0.3 is 6.09 Å². The Balaban J connectivity index is 1.65. The lowest BCUT2D eigenvalue weighted by atomic mass is 10.2. The molecule has 0 radical (unpaired) electrons. The van der Waals surface area contributed by atoms with Gasteiger partial charge in [-0.15, -0.1) is 0 Å². The van der Waals surface area contributed by atoms with Crippen LogP contribution in [0.25, 0.3) is 0 Å². The van der Waals surface area contributed by atoms with E-state index in [1.807, 2.05) is 0 Å². The van der Waals surface area contributed by atoms with Gasteiger partial charge in [0, 0.05) is 18.8 Å². The number of benzene rings is 2. The monoisotopic (exact) mass is 514 g/mol. The van der Waals surface area contributed by atoms with E-state index in [-0.39, 0.29) is 41.2 Å². The predicted molar refractivity (Wildman–Crippen MR) is 121 cm³/mol. The number of rotatable bonds is 8. The fourth-order valence-corrected chi connectivity index (χ4v) is 6.22. The molecule has 184 valence electrons. The summed E-state index contributed by atoms with van der Waals surface area (Å²) in [4.78, 5) is 10.8. The Labute approximate surface area is 196 Å². The van der Waals surface area contributed by atoms with Gasteiger partial charge in [-0.05, 0) is 55.3 Å². The maximum atomic E-state index is 13.4. The van der Waals surface area contributed by atoms with E-state index in [4.69, 9.17) is 9.84 Å². The molecule has 1 atom stereocenters. The standard InChI is InChI=1S/C20H23FN4O7S2/c1-24(15-5-6-15)34(30,31)22-11-16-12-25(33(28,29)17-7-2-13(21)3-8-17)18-10-14(23-20(26)27)4-9-19(18)32-16/h2-4,7-10,15-16,22-23H,5-6,11-12H2,1H3,(H,26,27). The van der Waals surface area contributed by atoms with Crippen LogP contribution in [0.1, 0.15) is 12.8 Å². The molecule has 1 unspecified atom stereocenters. The topological polar surface area (TPSA) is 145 Å². The number of carbonyl (C=O) groups is 1. The van der Waals surface area contributed by atoms with E-state index >= 15 is 0 Å². The third-order valence-corrected chi connectivity index (χ3v) is 8.86. The smallest absolute Gasteiger partial charge is 0.409 e. The normalized spacial score (nSPS) is 18.3. The molecule has 0 aromatic heterocycles. The molecular formula is C20H23FN4O7S2. The maximum absolute atomic E-state index is 13.4. The van der Waals surface area contributed by atoms with Crippen LogP contribution in [0.4, 0.5) is 20.6 Å². The molecule has 1 heterocycles. The summed E-state index contributed by atoms with van der Waals surface area (Å²) in [5, 5.41) is 11.2. The average Bonchev–Trinajstić information content (AvgIpc) is 3.62. The lowest BCUT2D eigenvalue weighted by Crippen LogP contribution is -2.50. The van der Waals surface area contributed by atoms with Crippen molar-refractivity contribution in [2.75, 3.05) is 29.8 Å². The van der Waals surface area contributed by atoms with Gasteiger partial charge < -0.3 is 9.84 Å². The van der Waals surface area contributed by atoms with Gasteiger partial charge in [0.15, 0.2) is 0 Å². The molecule has 4 rings (SSSR count). The number of ether oxygens (including phenoxy) is 1. The highest BCUT2D eigenvalue weighted by atomic mass is 32.2. The highest BCUT2D eigenvalue weighted by Crippen LogP contribution is 2.39. The average molecular weight is 515 g/mol. The quantitative estimate of drug-likeness (QED) is 0.487. The molecule has 0 spiro atoms. The first-order chi connectivity index (χ1) is 16.0. The fraction of sp³-hybridized carbons (Fsp3) is 0.350. The largest absolute Gasteiger partial charge is 0.485 e. The van der Waals surface area contributed by atoms with Crippen LogP contribution in [-0.4, -0.2) is 64.6 Å². The third-order valence-electron chi connectivity index (χ3n) is 5.48. The van der Waals surface area contributed by atoms with Crippen molar-refractivity contribution >= 4 is 37.7 Å². The molecule has 2 aliphatic rings. The number of fused-ring (bicyclic) bond motifs is 1. The first-order valence-corrected chi connectivity index (χ1v) is 13.2. The Morgan fingerprint density at radius 1 is 1.18 bits per heavy atom. The molecule has 1 aliphatic heterocycles. The van der Waals surface area contributed by atoms with E-state index in [9.17, 15) is 26.0 Å². The van der Waals surface area contributed by atoms with Gasteiger partial charge in [0.05, 0.1) is 23.7 Å². The van der Waals surface area contributed by atoms with Gasteiger partial charge in [-0.2, -0.15) is 17.4 Å². The van der Waals surface area contributed by atoms with E-state index < -0.39 is 38.2 Å². The minimum atomic E-state index is -4.22. The van der Waals surface area contributed by atoms with Crippen LogP contribution in [0.15, 0.2) is 47.4 Å². The molecule has 0 saturated heterocycles. The minimum Gasteiger partial charge on any atom is -0.485 e. The molecule has 1 fully saturated rings. The Morgan fingerprint density at radius 2 is 1.85 bits per heavy atom. The molecule has 14 heteroatoms. The number of nitrogens with one attached hydrogen (secondary N) is 2. The van der Waals surface area contributed by atoms with Crippen LogP contribution in [0, 0.1) is 5.82 Å². The van der Waals surface area contributed by atoms with Crippen LogP contribution >= 0.6 is 0 Å². The van der Waals surface area contributed by atoms with E-state index in [1.165, 1.54) is 29.6 Å². The second kappa shape index (κ2) is 9.02. The van der Waals surface area contributed by atoms with Crippen molar-refractivity contribution in [1.82, 2.24) is 9.03 Å². The second-order valence-corrected chi connectivity index (χ2v) is 11.6. The Kier molecular flexibility index (Phi) is 6.42. The van der Waals surface area contributed by atoms with Crippen molar-refractivity contribution < 1.29 is 35.9 Å². The molecule has 34 heavy (non-hydrogen) atoms. The summed E-state index contributed by atoms with van der Waals surface area (Å²) in [5.74, 6) is -0.492. The summed E-state index contributed by atoms with van der Waals surface area (Å²) < 4.78 is 75.7. The van der Waals surface area contributed by atoms with Crippen LogP contribution in [-0.2, 0) is 20.2 Å². The van der Waals surface area contributed by atoms with Crippen LogP contribution < -0.4 is 19.1 Å². The van der Waals surface area contributed by atoms with E-state index in [2.05, 4.69) is 10.0 Å². The summed E-state index contributed by atoms with van der Waals surface area (Å²) in [7, 11) is -6.53. The number of anilines is 2. The lowest BCUT2D eigenvalue weighted by molar-refractivity contribution is 0.202. The van der Waals surface area contributed by atoms with Gasteiger partial charge in [-0.3, -0.25) is 9.62 Å². The maximum Gasteiger partial charge on any atom is 0.409 e. The zero-order valence-electron chi connectivity index (χ0n) is 18.0. The lowest BCUT2D eigenvalue weighted by Gasteiger charge is -2.36. The van der Waals surface area contributed by atoms with Crippen LogP contribution in [0.5, 0.6) is 5.75 Å². The first-order valence-electron chi connectivity index (χ1n) is 10.3. The van der Waals surface area contributed by atoms with Crippen LogP contribution in [0.2, 0.25) is 0 Å². The van der Waals surface area contributed by atoms with Crippen molar-refractivity contribution in [3.8, 4) is 5.75 Å². The molecule has 2 aromatic carbocycles. The third kappa shape index (κ3) is 5.09. The van der Waals surface area contributed by atoms with Crippen LogP contribution in [0.3, 0.4) is 0 Å². The highest BCUT2D eigenvalue weighted by molar-refractivity contribution is 7.92. The van der Waals surface area contributed by atoms with Crippen molar-refractivity contribution in [2.24, 2.45) is 0 Å². The first kappa shape index (κ1) is 24.2. The molecule has 2 aromatic rings. The number of hydrogen-bond acceptors (Lipinski definition) is 6.